The summed E-state index contributed by atoms with van der Waals surface area (Å²) in [6, 6.07) is 10.5. The molecular weight excluding hydrogens is 256 g/mol. The van der Waals surface area contributed by atoms with Gasteiger partial charge < -0.3 is 14.6 Å². The molecule has 0 radical (unpaired) electrons. The number of aliphatic hydroxyl groups is 1. The van der Waals surface area contributed by atoms with Gasteiger partial charge >= 0.3 is 0 Å². The van der Waals surface area contributed by atoms with E-state index in [2.05, 4.69) is 0 Å². The largest absolute Gasteiger partial charge is 0.493 e. The smallest absolute Gasteiger partial charge is 0.169 e. The van der Waals surface area contributed by atoms with Crippen LogP contribution in [0.1, 0.15) is 21.5 Å². The summed E-state index contributed by atoms with van der Waals surface area (Å²) in [5, 5.41) is 9.11. The van der Waals surface area contributed by atoms with E-state index in [9.17, 15) is 4.79 Å². The third kappa shape index (κ3) is 2.97. The Labute approximate surface area is 117 Å². The number of aliphatic hydroxyl groups excluding tert-OH is 1. The molecule has 2 aromatic carbocycles. The third-order valence-corrected chi connectivity index (χ3v) is 2.92. The Morgan fingerprint density at radius 3 is 2.50 bits per heavy atom. The van der Waals surface area contributed by atoms with Crippen LogP contribution < -0.4 is 9.47 Å². The maximum absolute atomic E-state index is 11.1. The average molecular weight is 272 g/mol. The fraction of sp³-hybridized carbons (Fsp3) is 0.188. The molecule has 0 unspecified atom stereocenters. The maximum Gasteiger partial charge on any atom is 0.169 e. The molecule has 0 aliphatic heterocycles. The summed E-state index contributed by atoms with van der Waals surface area (Å²) in [7, 11) is 1.53. The van der Waals surface area contributed by atoms with Crippen LogP contribution in [0.4, 0.5) is 0 Å². The van der Waals surface area contributed by atoms with Gasteiger partial charge in [-0.1, -0.05) is 17.7 Å². The highest BCUT2D eigenvalue weighted by molar-refractivity contribution is 5.80. The summed E-state index contributed by atoms with van der Waals surface area (Å²) < 4.78 is 11.0. The molecule has 4 nitrogen and oxygen atoms in total. The van der Waals surface area contributed by atoms with Gasteiger partial charge in [-0.2, -0.15) is 0 Å². The minimum absolute atomic E-state index is 0.0687. The van der Waals surface area contributed by atoms with Gasteiger partial charge in [-0.05, 0) is 36.8 Å². The van der Waals surface area contributed by atoms with Crippen molar-refractivity contribution in [3.63, 3.8) is 0 Å². The van der Waals surface area contributed by atoms with Crippen molar-refractivity contribution in [1.29, 1.82) is 0 Å². The number of rotatable bonds is 5. The lowest BCUT2D eigenvalue weighted by molar-refractivity contribution is 0.112. The maximum atomic E-state index is 11.1. The normalized spacial score (nSPS) is 10.2. The van der Waals surface area contributed by atoms with Crippen LogP contribution >= 0.6 is 0 Å². The van der Waals surface area contributed by atoms with Crippen LogP contribution in [0.2, 0.25) is 0 Å². The summed E-state index contributed by atoms with van der Waals surface area (Å²) in [5.41, 5.74) is 2.20. The van der Waals surface area contributed by atoms with Crippen LogP contribution in [0.5, 0.6) is 17.2 Å². The summed E-state index contributed by atoms with van der Waals surface area (Å²) >= 11 is 0. The van der Waals surface area contributed by atoms with Crippen LogP contribution in [0, 0.1) is 6.92 Å². The number of hydrogen-bond donors (Lipinski definition) is 1. The van der Waals surface area contributed by atoms with Gasteiger partial charge in [0.1, 0.15) is 5.75 Å². The van der Waals surface area contributed by atoms with Gasteiger partial charge in [0.2, 0.25) is 0 Å². The molecule has 0 atom stereocenters. The molecule has 0 aromatic heterocycles. The molecule has 0 saturated carbocycles. The second-order valence-corrected chi connectivity index (χ2v) is 4.40. The SMILES string of the molecule is COc1cc(CO)ccc1Oc1ccc(C)cc1C=O. The van der Waals surface area contributed by atoms with Crippen molar-refractivity contribution >= 4 is 6.29 Å². The van der Waals surface area contributed by atoms with E-state index in [0.29, 0.717) is 22.8 Å². The Balaban J connectivity index is 2.37. The van der Waals surface area contributed by atoms with Crippen LogP contribution in [-0.4, -0.2) is 18.5 Å². The predicted molar refractivity (Wildman–Crippen MR) is 75.6 cm³/mol. The molecule has 0 saturated heterocycles. The molecule has 2 rings (SSSR count). The Hall–Kier alpha value is -2.33. The van der Waals surface area contributed by atoms with Gasteiger partial charge in [0.25, 0.3) is 0 Å². The number of hydrogen-bond acceptors (Lipinski definition) is 4. The molecular formula is C16H16O4. The first kappa shape index (κ1) is 14.1. The summed E-state index contributed by atoms with van der Waals surface area (Å²) in [6.45, 7) is 1.84. The fourth-order valence-corrected chi connectivity index (χ4v) is 1.87. The monoisotopic (exact) mass is 272 g/mol. The minimum Gasteiger partial charge on any atom is -0.493 e. The van der Waals surface area contributed by atoms with Gasteiger partial charge in [0, 0.05) is 0 Å². The van der Waals surface area contributed by atoms with Crippen LogP contribution in [0.3, 0.4) is 0 Å². The van der Waals surface area contributed by atoms with Crippen LogP contribution in [0.25, 0.3) is 0 Å². The van der Waals surface area contributed by atoms with Crippen LogP contribution in [-0.2, 0) is 6.61 Å². The van der Waals surface area contributed by atoms with E-state index in [0.717, 1.165) is 17.4 Å². The number of aryl methyl sites for hydroxylation is 1. The molecule has 4 heteroatoms. The predicted octanol–water partition coefficient (Wildman–Crippen LogP) is 3.10. The Morgan fingerprint density at radius 2 is 1.85 bits per heavy atom. The highest BCUT2D eigenvalue weighted by atomic mass is 16.5. The fourth-order valence-electron chi connectivity index (χ4n) is 1.87. The van der Waals surface area contributed by atoms with Crippen molar-refractivity contribution in [3.8, 4) is 17.2 Å². The van der Waals surface area contributed by atoms with Crippen molar-refractivity contribution in [3.05, 3.63) is 53.1 Å². The highest BCUT2D eigenvalue weighted by Crippen LogP contribution is 2.33. The lowest BCUT2D eigenvalue weighted by Crippen LogP contribution is -1.95. The second-order valence-electron chi connectivity index (χ2n) is 4.40. The van der Waals surface area contributed by atoms with Crippen molar-refractivity contribution in [2.75, 3.05) is 7.11 Å². The highest BCUT2D eigenvalue weighted by Gasteiger charge is 2.10. The van der Waals surface area contributed by atoms with Gasteiger partial charge in [-0.25, -0.2) is 0 Å². The second kappa shape index (κ2) is 6.21. The lowest BCUT2D eigenvalue weighted by Gasteiger charge is -2.13. The molecule has 20 heavy (non-hydrogen) atoms. The summed E-state index contributed by atoms with van der Waals surface area (Å²) in [4.78, 5) is 11.1. The zero-order chi connectivity index (χ0) is 14.5. The van der Waals surface area contributed by atoms with Gasteiger partial charge in [-0.3, -0.25) is 4.79 Å². The molecule has 0 aliphatic carbocycles. The number of carbonyl (C=O) groups is 1. The topological polar surface area (TPSA) is 55.8 Å². The van der Waals surface area contributed by atoms with E-state index < -0.39 is 0 Å². The molecule has 0 bridgehead atoms. The van der Waals surface area contributed by atoms with E-state index in [-0.39, 0.29) is 6.61 Å². The van der Waals surface area contributed by atoms with E-state index in [4.69, 9.17) is 14.6 Å². The number of methoxy groups -OCH3 is 1. The standard InChI is InChI=1S/C16H16O4/c1-11-3-5-14(13(7-11)10-18)20-15-6-4-12(9-17)8-16(15)19-2/h3-8,10,17H,9H2,1-2H3. The molecule has 0 fully saturated rings. The zero-order valence-corrected chi connectivity index (χ0v) is 11.4. The number of ether oxygens (including phenoxy) is 2. The van der Waals surface area contributed by atoms with Crippen molar-refractivity contribution in [1.82, 2.24) is 0 Å². The van der Waals surface area contributed by atoms with Crippen LogP contribution in [0.15, 0.2) is 36.4 Å². The Kier molecular flexibility index (Phi) is 4.38. The van der Waals surface area contributed by atoms with Crippen molar-refractivity contribution < 1.29 is 19.4 Å². The quantitative estimate of drug-likeness (QED) is 0.850. The Bertz CT molecular complexity index is 620. The van der Waals surface area contributed by atoms with Gasteiger partial charge in [-0.15, -0.1) is 0 Å². The van der Waals surface area contributed by atoms with Crippen molar-refractivity contribution in [2.45, 2.75) is 13.5 Å². The Morgan fingerprint density at radius 1 is 1.10 bits per heavy atom. The molecule has 104 valence electrons. The molecule has 2 aromatic rings. The molecule has 0 spiro atoms. The zero-order valence-electron chi connectivity index (χ0n) is 11.4. The van der Waals surface area contributed by atoms with Crippen molar-refractivity contribution in [2.24, 2.45) is 0 Å². The van der Waals surface area contributed by atoms with E-state index >= 15 is 0 Å². The number of aldehydes is 1. The third-order valence-electron chi connectivity index (χ3n) is 2.92. The summed E-state index contributed by atoms with van der Waals surface area (Å²) in [6.07, 6.45) is 0.761. The average Bonchev–Trinajstić information content (AvgIpc) is 2.49. The van der Waals surface area contributed by atoms with E-state index in [1.165, 1.54) is 7.11 Å². The van der Waals surface area contributed by atoms with Gasteiger partial charge in [0.05, 0.1) is 19.3 Å². The first-order valence-corrected chi connectivity index (χ1v) is 6.19. The molecule has 1 N–H and O–H groups in total. The van der Waals surface area contributed by atoms with E-state index in [1.807, 2.05) is 13.0 Å². The first-order valence-electron chi connectivity index (χ1n) is 6.19. The lowest BCUT2D eigenvalue weighted by atomic mass is 10.1. The summed E-state index contributed by atoms with van der Waals surface area (Å²) in [5.74, 6) is 1.48. The van der Waals surface area contributed by atoms with Gasteiger partial charge in [0.15, 0.2) is 17.8 Å². The number of carbonyl (C=O) groups excluding carboxylic acids is 1. The molecule has 0 aliphatic rings. The first-order chi connectivity index (χ1) is 9.67. The molecule has 0 amide bonds. The molecule has 0 heterocycles. The number of benzene rings is 2. The minimum atomic E-state index is -0.0687. The van der Waals surface area contributed by atoms with E-state index in [1.54, 1.807) is 30.3 Å².